The molecule has 0 radical (unpaired) electrons. The molecule has 3 heteroatoms. The molecule has 1 rings (SSSR count). The van der Waals surface area contributed by atoms with Gasteiger partial charge in [0, 0.05) is 26.2 Å². The number of nitrogens with zero attached hydrogens (tertiary/aromatic N) is 1. The fraction of sp³-hybridized carbons (Fsp3) is 1.00. The number of piperazine rings is 1. The Balaban J connectivity index is 2.12. The molecule has 2 N–H and O–H groups in total. The second-order valence-electron chi connectivity index (χ2n) is 1.70. The van der Waals surface area contributed by atoms with Crippen LogP contribution in [0.15, 0.2) is 0 Å². The van der Waals surface area contributed by atoms with Crippen molar-refractivity contribution >= 4 is 0 Å². The van der Waals surface area contributed by atoms with E-state index in [2.05, 4.69) is 5.32 Å². The summed E-state index contributed by atoms with van der Waals surface area (Å²) in [6.45, 7) is 3.35. The van der Waals surface area contributed by atoms with Gasteiger partial charge in [0.25, 0.3) is 0 Å². The van der Waals surface area contributed by atoms with Gasteiger partial charge in [-0.1, -0.05) is 0 Å². The summed E-state index contributed by atoms with van der Waals surface area (Å²) in [4.78, 5) is 0. The molecule has 0 aromatic carbocycles. The quantitative estimate of drug-likeness (QED) is 0.423. The lowest BCUT2D eigenvalue weighted by Crippen LogP contribution is -2.41. The van der Waals surface area contributed by atoms with E-state index >= 15 is 0 Å². The molecular formula is C4H10N2O. The van der Waals surface area contributed by atoms with Crippen molar-refractivity contribution in [2.24, 2.45) is 0 Å². The van der Waals surface area contributed by atoms with Gasteiger partial charge >= 0.3 is 0 Å². The van der Waals surface area contributed by atoms with Crippen LogP contribution < -0.4 is 5.32 Å². The molecule has 0 atom stereocenters. The lowest BCUT2D eigenvalue weighted by atomic mass is 10.4. The molecule has 3 nitrogen and oxygen atoms in total. The maximum Gasteiger partial charge on any atom is 0.0363 e. The summed E-state index contributed by atoms with van der Waals surface area (Å²) >= 11 is 0. The molecule has 1 aliphatic heterocycles. The molecule has 0 aromatic rings. The molecule has 0 amide bonds. The van der Waals surface area contributed by atoms with Crippen LogP contribution in [-0.4, -0.2) is 36.4 Å². The van der Waals surface area contributed by atoms with Gasteiger partial charge in [-0.25, -0.2) is 0 Å². The zero-order valence-electron chi connectivity index (χ0n) is 4.22. The van der Waals surface area contributed by atoms with Gasteiger partial charge < -0.3 is 10.5 Å². The van der Waals surface area contributed by atoms with Crippen LogP contribution in [0.1, 0.15) is 0 Å². The molecular weight excluding hydrogens is 92.1 g/mol. The Bertz CT molecular complexity index is 51.7. The van der Waals surface area contributed by atoms with E-state index in [0.29, 0.717) is 0 Å². The summed E-state index contributed by atoms with van der Waals surface area (Å²) in [6, 6.07) is 0. The minimum atomic E-state index is 0.764. The van der Waals surface area contributed by atoms with Crippen molar-refractivity contribution in [1.29, 1.82) is 0 Å². The number of hydroxylamine groups is 2. The molecule has 0 aliphatic carbocycles. The number of hydrogen-bond acceptors (Lipinski definition) is 3. The molecule has 1 fully saturated rings. The van der Waals surface area contributed by atoms with Gasteiger partial charge in [0.1, 0.15) is 0 Å². The van der Waals surface area contributed by atoms with E-state index in [4.69, 9.17) is 5.21 Å². The Labute approximate surface area is 42.9 Å². The molecule has 0 spiro atoms. The third-order valence-electron chi connectivity index (χ3n) is 1.09. The van der Waals surface area contributed by atoms with Crippen LogP contribution in [-0.2, 0) is 0 Å². The summed E-state index contributed by atoms with van der Waals surface area (Å²) < 4.78 is 0. The summed E-state index contributed by atoms with van der Waals surface area (Å²) in [5.41, 5.74) is 0. The zero-order chi connectivity index (χ0) is 5.11. The van der Waals surface area contributed by atoms with Gasteiger partial charge in [-0.3, -0.25) is 0 Å². The average molecular weight is 102 g/mol. The highest BCUT2D eigenvalue weighted by Crippen LogP contribution is 1.82. The molecule has 42 valence electrons. The zero-order valence-corrected chi connectivity index (χ0v) is 4.22. The predicted octanol–water partition coefficient (Wildman–Crippen LogP) is -0.719. The van der Waals surface area contributed by atoms with E-state index in [9.17, 15) is 0 Å². The minimum absolute atomic E-state index is 0.764. The van der Waals surface area contributed by atoms with E-state index in [1.807, 2.05) is 0 Å². The van der Waals surface area contributed by atoms with Crippen molar-refractivity contribution in [3.63, 3.8) is 0 Å². The van der Waals surface area contributed by atoms with Crippen molar-refractivity contribution in [2.45, 2.75) is 0 Å². The predicted molar refractivity (Wildman–Crippen MR) is 26.2 cm³/mol. The van der Waals surface area contributed by atoms with Crippen molar-refractivity contribution in [3.8, 4) is 0 Å². The van der Waals surface area contributed by atoms with E-state index in [-0.39, 0.29) is 0 Å². The first kappa shape index (κ1) is 5.03. The topological polar surface area (TPSA) is 35.5 Å². The van der Waals surface area contributed by atoms with E-state index < -0.39 is 0 Å². The Kier molecular flexibility index (Phi) is 1.62. The van der Waals surface area contributed by atoms with E-state index in [1.54, 1.807) is 0 Å². The number of nitrogens with one attached hydrogen (secondary N) is 1. The Hall–Kier alpha value is -0.120. The molecule has 0 saturated carbocycles. The largest absolute Gasteiger partial charge is 0.314 e. The Morgan fingerprint density at radius 3 is 2.14 bits per heavy atom. The monoisotopic (exact) mass is 102 g/mol. The second-order valence-corrected chi connectivity index (χ2v) is 1.70. The standard InChI is InChI=1S/C4H10N2O/c7-6-3-1-5-2-4-6/h5,7H,1-4H2. The van der Waals surface area contributed by atoms with Crippen molar-refractivity contribution in [3.05, 3.63) is 0 Å². The van der Waals surface area contributed by atoms with Crippen LogP contribution in [0.2, 0.25) is 0 Å². The Morgan fingerprint density at radius 1 is 1.29 bits per heavy atom. The van der Waals surface area contributed by atoms with E-state index in [0.717, 1.165) is 26.2 Å². The fourth-order valence-electron chi connectivity index (χ4n) is 0.653. The normalized spacial score (nSPS) is 25.3. The lowest BCUT2D eigenvalue weighted by molar-refractivity contribution is -0.0976. The third kappa shape index (κ3) is 1.43. The highest BCUT2D eigenvalue weighted by atomic mass is 16.5. The minimum Gasteiger partial charge on any atom is -0.314 e. The van der Waals surface area contributed by atoms with Crippen molar-refractivity contribution in [1.82, 2.24) is 10.4 Å². The van der Waals surface area contributed by atoms with Crippen LogP contribution in [0.4, 0.5) is 0 Å². The van der Waals surface area contributed by atoms with Gasteiger partial charge in [0.15, 0.2) is 0 Å². The van der Waals surface area contributed by atoms with Gasteiger partial charge in [-0.15, -0.1) is 0 Å². The maximum absolute atomic E-state index is 8.70. The number of hydrogen-bond donors (Lipinski definition) is 2. The van der Waals surface area contributed by atoms with Gasteiger partial charge in [-0.2, -0.15) is 5.06 Å². The first-order chi connectivity index (χ1) is 3.39. The van der Waals surface area contributed by atoms with Crippen LogP contribution in [0.5, 0.6) is 0 Å². The smallest absolute Gasteiger partial charge is 0.0363 e. The van der Waals surface area contributed by atoms with Crippen LogP contribution in [0.25, 0.3) is 0 Å². The maximum atomic E-state index is 8.70. The average Bonchev–Trinajstić information content (AvgIpc) is 1.69. The first-order valence-corrected chi connectivity index (χ1v) is 2.54. The van der Waals surface area contributed by atoms with Gasteiger partial charge in [0.2, 0.25) is 0 Å². The van der Waals surface area contributed by atoms with Crippen LogP contribution >= 0.6 is 0 Å². The molecule has 0 unspecified atom stereocenters. The molecule has 0 bridgehead atoms. The number of rotatable bonds is 0. The van der Waals surface area contributed by atoms with Crippen molar-refractivity contribution < 1.29 is 5.21 Å². The summed E-state index contributed by atoms with van der Waals surface area (Å²) in [5, 5.41) is 13.1. The molecule has 1 heterocycles. The van der Waals surface area contributed by atoms with E-state index in [1.165, 1.54) is 5.06 Å². The third-order valence-corrected chi connectivity index (χ3v) is 1.09. The van der Waals surface area contributed by atoms with Gasteiger partial charge in [-0.05, 0) is 0 Å². The summed E-state index contributed by atoms with van der Waals surface area (Å²) in [7, 11) is 0. The fourth-order valence-corrected chi connectivity index (χ4v) is 0.653. The highest BCUT2D eigenvalue weighted by Gasteiger charge is 2.03. The SMILES string of the molecule is ON1CCNCC1. The van der Waals surface area contributed by atoms with Crippen LogP contribution in [0.3, 0.4) is 0 Å². The molecule has 1 saturated heterocycles. The molecule has 7 heavy (non-hydrogen) atoms. The second kappa shape index (κ2) is 2.26. The van der Waals surface area contributed by atoms with Crippen molar-refractivity contribution in [2.75, 3.05) is 26.2 Å². The molecule has 0 aromatic heterocycles. The molecule has 1 aliphatic rings. The summed E-state index contributed by atoms with van der Waals surface area (Å²) in [5.74, 6) is 0. The summed E-state index contributed by atoms with van der Waals surface area (Å²) in [6.07, 6.45) is 0. The lowest BCUT2D eigenvalue weighted by Gasteiger charge is -2.19. The first-order valence-electron chi connectivity index (χ1n) is 2.54. The Morgan fingerprint density at radius 2 is 1.86 bits per heavy atom. The van der Waals surface area contributed by atoms with Crippen LogP contribution in [0, 0.1) is 0 Å². The van der Waals surface area contributed by atoms with Gasteiger partial charge in [0.05, 0.1) is 0 Å². The highest BCUT2D eigenvalue weighted by molar-refractivity contribution is 4.58.